The van der Waals surface area contributed by atoms with Gasteiger partial charge < -0.3 is 4.74 Å². The summed E-state index contributed by atoms with van der Waals surface area (Å²) in [6.45, 7) is -0.364. The number of carbonyl (C=O) groups excluding carboxylic acids is 1. The number of methoxy groups -OCH3 is 1. The number of nitro benzene ring substituents is 1. The second-order valence-corrected chi connectivity index (χ2v) is 4.52. The van der Waals surface area contributed by atoms with Crippen molar-refractivity contribution < 1.29 is 14.5 Å². The number of hydrogen-bond donors (Lipinski definition) is 0. The molecule has 0 amide bonds. The van der Waals surface area contributed by atoms with Crippen molar-refractivity contribution in [2.75, 3.05) is 7.11 Å². The second-order valence-electron chi connectivity index (χ2n) is 4.52. The maximum atomic E-state index is 12.2. The van der Waals surface area contributed by atoms with Crippen LogP contribution in [0, 0.1) is 21.4 Å². The monoisotopic (exact) mass is 313 g/mol. The van der Waals surface area contributed by atoms with Gasteiger partial charge in [0.25, 0.3) is 11.2 Å². The van der Waals surface area contributed by atoms with Crippen molar-refractivity contribution in [1.29, 1.82) is 5.26 Å². The van der Waals surface area contributed by atoms with E-state index in [-0.39, 0.29) is 17.8 Å². The highest BCUT2D eigenvalue weighted by Crippen LogP contribution is 2.22. The van der Waals surface area contributed by atoms with Crippen LogP contribution in [-0.2, 0) is 16.1 Å². The summed E-state index contributed by atoms with van der Waals surface area (Å²) >= 11 is 0. The molecule has 0 aliphatic carbocycles. The van der Waals surface area contributed by atoms with Crippen LogP contribution < -0.4 is 5.56 Å². The molecule has 0 radical (unpaired) electrons. The molecule has 0 aliphatic heterocycles. The molecule has 2 aromatic rings. The lowest BCUT2D eigenvalue weighted by Crippen LogP contribution is -2.28. The predicted octanol–water partition coefficient (Wildman–Crippen LogP) is 1.47. The van der Waals surface area contributed by atoms with Crippen molar-refractivity contribution in [3.05, 3.63) is 62.4 Å². The smallest absolute Gasteiger partial charge is 0.325 e. The number of esters is 1. The number of pyridine rings is 1. The van der Waals surface area contributed by atoms with E-state index in [1.807, 2.05) is 0 Å². The molecule has 0 aliphatic rings. The van der Waals surface area contributed by atoms with Crippen molar-refractivity contribution in [1.82, 2.24) is 4.57 Å². The summed E-state index contributed by atoms with van der Waals surface area (Å²) in [6.07, 6.45) is 0. The summed E-state index contributed by atoms with van der Waals surface area (Å²) < 4.78 is 5.66. The maximum Gasteiger partial charge on any atom is 0.325 e. The average molecular weight is 313 g/mol. The van der Waals surface area contributed by atoms with Gasteiger partial charge in [-0.15, -0.1) is 0 Å². The topological polar surface area (TPSA) is 115 Å². The van der Waals surface area contributed by atoms with E-state index < -0.39 is 16.5 Å². The Hall–Kier alpha value is -3.47. The summed E-state index contributed by atoms with van der Waals surface area (Å²) in [5, 5.41) is 19.6. The number of nitrogens with zero attached hydrogens (tertiary/aromatic N) is 3. The van der Waals surface area contributed by atoms with Crippen LogP contribution in [0.5, 0.6) is 0 Å². The van der Waals surface area contributed by atoms with Gasteiger partial charge in [-0.25, -0.2) is 0 Å². The molecule has 0 atom stereocenters. The van der Waals surface area contributed by atoms with E-state index in [9.17, 15) is 19.7 Å². The van der Waals surface area contributed by atoms with Gasteiger partial charge in [0.1, 0.15) is 18.2 Å². The Balaban J connectivity index is 2.59. The third kappa shape index (κ3) is 3.24. The number of rotatable bonds is 4. The maximum absolute atomic E-state index is 12.2. The van der Waals surface area contributed by atoms with Crippen LogP contribution in [0.3, 0.4) is 0 Å². The Morgan fingerprint density at radius 2 is 1.96 bits per heavy atom. The van der Waals surface area contributed by atoms with E-state index >= 15 is 0 Å². The molecule has 8 heteroatoms. The molecular weight excluding hydrogens is 302 g/mol. The zero-order valence-corrected chi connectivity index (χ0v) is 12.1. The summed E-state index contributed by atoms with van der Waals surface area (Å²) in [5.41, 5.74) is 0.0213. The third-order valence-electron chi connectivity index (χ3n) is 3.18. The Kier molecular flexibility index (Phi) is 4.52. The molecule has 1 aromatic heterocycles. The van der Waals surface area contributed by atoms with Crippen molar-refractivity contribution >= 4 is 11.7 Å². The summed E-state index contributed by atoms with van der Waals surface area (Å²) in [6, 6.07) is 10.1. The molecule has 0 N–H and O–H groups in total. The van der Waals surface area contributed by atoms with Crippen molar-refractivity contribution in [3.63, 3.8) is 0 Å². The zero-order chi connectivity index (χ0) is 17.0. The first kappa shape index (κ1) is 15.9. The fraction of sp³-hybridized carbons (Fsp3) is 0.133. The molecule has 0 saturated heterocycles. The molecule has 2 rings (SSSR count). The minimum absolute atomic E-state index is 0.0933. The Morgan fingerprint density at radius 3 is 2.48 bits per heavy atom. The second kappa shape index (κ2) is 6.53. The molecule has 116 valence electrons. The number of aromatic nitrogens is 1. The van der Waals surface area contributed by atoms with Crippen molar-refractivity contribution in [2.24, 2.45) is 0 Å². The van der Waals surface area contributed by atoms with Gasteiger partial charge in [-0.2, -0.15) is 5.26 Å². The van der Waals surface area contributed by atoms with E-state index in [0.29, 0.717) is 11.3 Å². The van der Waals surface area contributed by atoms with Gasteiger partial charge in [0.2, 0.25) is 0 Å². The van der Waals surface area contributed by atoms with Gasteiger partial charge in [-0.05, 0) is 29.8 Å². The van der Waals surface area contributed by atoms with Crippen LogP contribution in [0.25, 0.3) is 11.3 Å². The number of nitriles is 1. The number of nitro groups is 1. The van der Waals surface area contributed by atoms with E-state index in [4.69, 9.17) is 5.26 Å². The predicted molar refractivity (Wildman–Crippen MR) is 79.5 cm³/mol. The molecule has 8 nitrogen and oxygen atoms in total. The first-order valence-electron chi connectivity index (χ1n) is 6.43. The first-order chi connectivity index (χ1) is 11.0. The van der Waals surface area contributed by atoms with Crippen LogP contribution >= 0.6 is 0 Å². The standard InChI is InChI=1S/C15H11N3O5/c1-23-14(19)9-17-13(7-4-11(8-16)15(17)20)10-2-5-12(6-3-10)18(21)22/h2-7H,9H2,1H3. The number of carbonyl (C=O) groups is 1. The minimum Gasteiger partial charge on any atom is -0.468 e. The minimum atomic E-state index is -0.648. The van der Waals surface area contributed by atoms with Gasteiger partial charge in [-0.3, -0.25) is 24.3 Å². The van der Waals surface area contributed by atoms with E-state index in [1.165, 1.54) is 43.5 Å². The highest BCUT2D eigenvalue weighted by molar-refractivity contribution is 5.71. The van der Waals surface area contributed by atoms with Crippen LogP contribution in [0.15, 0.2) is 41.2 Å². The number of hydrogen-bond acceptors (Lipinski definition) is 6. The van der Waals surface area contributed by atoms with Crippen LogP contribution in [0.1, 0.15) is 5.56 Å². The van der Waals surface area contributed by atoms with Crippen LogP contribution in [-0.4, -0.2) is 22.6 Å². The average Bonchev–Trinajstić information content (AvgIpc) is 2.56. The van der Waals surface area contributed by atoms with Crippen molar-refractivity contribution in [3.8, 4) is 17.3 Å². The zero-order valence-electron chi connectivity index (χ0n) is 12.1. The lowest BCUT2D eigenvalue weighted by Gasteiger charge is -2.12. The van der Waals surface area contributed by atoms with Crippen LogP contribution in [0.4, 0.5) is 5.69 Å². The summed E-state index contributed by atoms with van der Waals surface area (Å²) in [4.78, 5) is 33.9. The van der Waals surface area contributed by atoms with Gasteiger partial charge in [0.15, 0.2) is 0 Å². The third-order valence-corrected chi connectivity index (χ3v) is 3.18. The Morgan fingerprint density at radius 1 is 1.30 bits per heavy atom. The Bertz CT molecular complexity index is 862. The number of benzene rings is 1. The highest BCUT2D eigenvalue weighted by Gasteiger charge is 2.14. The molecule has 23 heavy (non-hydrogen) atoms. The molecule has 1 aromatic carbocycles. The lowest BCUT2D eigenvalue weighted by atomic mass is 10.1. The van der Waals surface area contributed by atoms with E-state index in [0.717, 1.165) is 4.57 Å². The van der Waals surface area contributed by atoms with Crippen molar-refractivity contribution in [2.45, 2.75) is 6.54 Å². The molecule has 0 spiro atoms. The normalized spacial score (nSPS) is 9.91. The molecule has 0 unspecified atom stereocenters. The van der Waals surface area contributed by atoms with Gasteiger partial charge in [-0.1, -0.05) is 0 Å². The van der Waals surface area contributed by atoms with Gasteiger partial charge in [0, 0.05) is 12.1 Å². The largest absolute Gasteiger partial charge is 0.468 e. The Labute approximate surface area is 130 Å². The highest BCUT2D eigenvalue weighted by atomic mass is 16.6. The molecule has 0 saturated carbocycles. The quantitative estimate of drug-likeness (QED) is 0.479. The van der Waals surface area contributed by atoms with E-state index in [2.05, 4.69) is 4.74 Å². The molecular formula is C15H11N3O5. The summed E-state index contributed by atoms with van der Waals surface area (Å²) in [7, 11) is 1.19. The fourth-order valence-electron chi connectivity index (χ4n) is 2.02. The van der Waals surface area contributed by atoms with Gasteiger partial charge in [0.05, 0.1) is 17.7 Å². The first-order valence-corrected chi connectivity index (χ1v) is 6.43. The van der Waals surface area contributed by atoms with Crippen LogP contribution in [0.2, 0.25) is 0 Å². The number of non-ortho nitro benzene ring substituents is 1. The molecule has 1 heterocycles. The fourth-order valence-corrected chi connectivity index (χ4v) is 2.02. The molecule has 0 bridgehead atoms. The summed E-state index contributed by atoms with van der Waals surface area (Å²) in [5.74, 6) is -0.648. The SMILES string of the molecule is COC(=O)Cn1c(-c2ccc([N+](=O)[O-])cc2)ccc(C#N)c1=O. The number of ether oxygens (including phenoxy) is 1. The van der Waals surface area contributed by atoms with E-state index in [1.54, 1.807) is 6.07 Å². The molecule has 0 fully saturated rings. The van der Waals surface area contributed by atoms with Gasteiger partial charge >= 0.3 is 5.97 Å². The lowest BCUT2D eigenvalue weighted by molar-refractivity contribution is -0.384.